The zero-order valence-corrected chi connectivity index (χ0v) is 12.2. The first-order valence-electron chi connectivity index (χ1n) is 7.23. The number of fused-ring (bicyclic) bond motifs is 1. The lowest BCUT2D eigenvalue weighted by atomic mass is 9.95. The summed E-state index contributed by atoms with van der Waals surface area (Å²) in [6.45, 7) is 0.756. The standard InChI is InChI=1S/C16H17F3N2O/c1-22-13-9-11-3-2-6-20-15(11)14(10-13)21-7-4-12(5-8-21)16(17,18)19/h2-3,6,9-10,12H,4-5,7-8H2,1H3. The molecule has 0 radical (unpaired) electrons. The summed E-state index contributed by atoms with van der Waals surface area (Å²) in [7, 11) is 1.58. The molecule has 1 saturated heterocycles. The third-order valence-corrected chi connectivity index (χ3v) is 4.19. The number of halogens is 3. The van der Waals surface area contributed by atoms with Crippen LogP contribution in [-0.2, 0) is 0 Å². The Hall–Kier alpha value is -1.98. The van der Waals surface area contributed by atoms with Crippen molar-refractivity contribution in [2.24, 2.45) is 5.92 Å². The second-order valence-electron chi connectivity index (χ2n) is 5.52. The van der Waals surface area contributed by atoms with Gasteiger partial charge in [-0.2, -0.15) is 13.2 Å². The van der Waals surface area contributed by atoms with E-state index in [-0.39, 0.29) is 12.8 Å². The van der Waals surface area contributed by atoms with E-state index in [0.29, 0.717) is 18.8 Å². The minimum atomic E-state index is -4.10. The molecule has 0 aliphatic carbocycles. The van der Waals surface area contributed by atoms with Crippen LogP contribution in [0.25, 0.3) is 10.9 Å². The highest BCUT2D eigenvalue weighted by molar-refractivity contribution is 5.92. The molecule has 0 bridgehead atoms. The molecule has 2 heterocycles. The van der Waals surface area contributed by atoms with Gasteiger partial charge in [-0.1, -0.05) is 6.07 Å². The van der Waals surface area contributed by atoms with Gasteiger partial charge >= 0.3 is 6.18 Å². The second kappa shape index (κ2) is 5.66. The number of pyridine rings is 1. The highest BCUT2D eigenvalue weighted by Crippen LogP contribution is 2.37. The highest BCUT2D eigenvalue weighted by atomic mass is 19.4. The molecule has 0 N–H and O–H groups in total. The van der Waals surface area contributed by atoms with Crippen molar-refractivity contribution in [3.63, 3.8) is 0 Å². The van der Waals surface area contributed by atoms with E-state index in [4.69, 9.17) is 4.74 Å². The molecule has 6 heteroatoms. The Kier molecular flexibility index (Phi) is 3.85. The van der Waals surface area contributed by atoms with Gasteiger partial charge in [0.15, 0.2) is 0 Å². The molecule has 3 rings (SSSR count). The molecule has 1 fully saturated rings. The van der Waals surface area contributed by atoms with E-state index in [1.165, 1.54) is 0 Å². The molecule has 22 heavy (non-hydrogen) atoms. The predicted molar refractivity (Wildman–Crippen MR) is 79.3 cm³/mol. The molecule has 3 nitrogen and oxygen atoms in total. The lowest BCUT2D eigenvalue weighted by molar-refractivity contribution is -0.179. The van der Waals surface area contributed by atoms with Crippen molar-refractivity contribution in [3.8, 4) is 5.75 Å². The largest absolute Gasteiger partial charge is 0.497 e. The Balaban J connectivity index is 1.91. The molecule has 0 spiro atoms. The molecular weight excluding hydrogens is 293 g/mol. The summed E-state index contributed by atoms with van der Waals surface area (Å²) in [6.07, 6.45) is -2.16. The number of anilines is 1. The third-order valence-electron chi connectivity index (χ3n) is 4.19. The summed E-state index contributed by atoms with van der Waals surface area (Å²) in [6, 6.07) is 7.50. The first kappa shape index (κ1) is 14.9. The van der Waals surface area contributed by atoms with E-state index in [1.54, 1.807) is 13.3 Å². The number of hydrogen-bond donors (Lipinski definition) is 0. The number of piperidine rings is 1. The summed E-state index contributed by atoms with van der Waals surface area (Å²) in [4.78, 5) is 6.35. The van der Waals surface area contributed by atoms with Crippen LogP contribution in [0.1, 0.15) is 12.8 Å². The van der Waals surface area contributed by atoms with E-state index in [2.05, 4.69) is 4.98 Å². The number of alkyl halides is 3. The molecule has 1 aliphatic rings. The van der Waals surface area contributed by atoms with Crippen LogP contribution >= 0.6 is 0 Å². The maximum atomic E-state index is 12.8. The Labute approximate surface area is 126 Å². The fraction of sp³-hybridized carbons (Fsp3) is 0.438. The first-order chi connectivity index (χ1) is 10.5. The van der Waals surface area contributed by atoms with Gasteiger partial charge in [0.2, 0.25) is 0 Å². The molecule has 1 aromatic carbocycles. The Bertz CT molecular complexity index is 664. The van der Waals surface area contributed by atoms with Crippen molar-refractivity contribution in [3.05, 3.63) is 30.5 Å². The molecule has 0 unspecified atom stereocenters. The number of ether oxygens (including phenoxy) is 1. The lowest BCUT2D eigenvalue weighted by Gasteiger charge is -2.34. The third kappa shape index (κ3) is 2.82. The average Bonchev–Trinajstić information content (AvgIpc) is 2.53. The van der Waals surface area contributed by atoms with Gasteiger partial charge in [-0.3, -0.25) is 4.98 Å². The summed E-state index contributed by atoms with van der Waals surface area (Å²) < 4.78 is 43.7. The van der Waals surface area contributed by atoms with Gasteiger partial charge in [0.1, 0.15) is 5.75 Å². The highest BCUT2D eigenvalue weighted by Gasteiger charge is 2.41. The topological polar surface area (TPSA) is 25.4 Å². The molecule has 0 atom stereocenters. The minimum Gasteiger partial charge on any atom is -0.497 e. The van der Waals surface area contributed by atoms with Gasteiger partial charge in [0.05, 0.1) is 24.2 Å². The fourth-order valence-corrected chi connectivity index (χ4v) is 2.95. The van der Waals surface area contributed by atoms with Crippen LogP contribution in [0, 0.1) is 5.92 Å². The average molecular weight is 310 g/mol. The number of nitrogens with zero attached hydrogens (tertiary/aromatic N) is 2. The number of methoxy groups -OCH3 is 1. The van der Waals surface area contributed by atoms with Crippen molar-refractivity contribution in [2.75, 3.05) is 25.1 Å². The quantitative estimate of drug-likeness (QED) is 0.837. The van der Waals surface area contributed by atoms with E-state index < -0.39 is 12.1 Å². The monoisotopic (exact) mass is 310 g/mol. The maximum Gasteiger partial charge on any atom is 0.391 e. The SMILES string of the molecule is COc1cc(N2CCC(C(F)(F)F)CC2)c2ncccc2c1. The number of aromatic nitrogens is 1. The summed E-state index contributed by atoms with van der Waals surface area (Å²) >= 11 is 0. The van der Waals surface area contributed by atoms with Gasteiger partial charge < -0.3 is 9.64 Å². The molecule has 118 valence electrons. The van der Waals surface area contributed by atoms with E-state index in [9.17, 15) is 13.2 Å². The molecule has 1 aliphatic heterocycles. The Morgan fingerprint density at radius 2 is 1.95 bits per heavy atom. The van der Waals surface area contributed by atoms with Gasteiger partial charge in [-0.25, -0.2) is 0 Å². The van der Waals surface area contributed by atoms with Crippen LogP contribution in [0.3, 0.4) is 0 Å². The molecular formula is C16H17F3N2O. The van der Waals surface area contributed by atoms with Gasteiger partial charge in [-0.05, 0) is 25.0 Å². The van der Waals surface area contributed by atoms with E-state index >= 15 is 0 Å². The number of benzene rings is 1. The zero-order valence-electron chi connectivity index (χ0n) is 12.2. The minimum absolute atomic E-state index is 0.120. The zero-order chi connectivity index (χ0) is 15.7. The van der Waals surface area contributed by atoms with Crippen LogP contribution in [0.5, 0.6) is 5.75 Å². The smallest absolute Gasteiger partial charge is 0.391 e. The Morgan fingerprint density at radius 3 is 2.59 bits per heavy atom. The van der Waals surface area contributed by atoms with Crippen molar-refractivity contribution in [1.29, 1.82) is 0 Å². The number of hydrogen-bond acceptors (Lipinski definition) is 3. The summed E-state index contributed by atoms with van der Waals surface area (Å²) in [5, 5.41) is 0.926. The Morgan fingerprint density at radius 1 is 1.23 bits per heavy atom. The van der Waals surface area contributed by atoms with Crippen molar-refractivity contribution >= 4 is 16.6 Å². The van der Waals surface area contributed by atoms with Crippen molar-refractivity contribution < 1.29 is 17.9 Å². The van der Waals surface area contributed by atoms with Crippen LogP contribution in [0.4, 0.5) is 18.9 Å². The van der Waals surface area contributed by atoms with Crippen LogP contribution in [0.2, 0.25) is 0 Å². The fourth-order valence-electron chi connectivity index (χ4n) is 2.95. The van der Waals surface area contributed by atoms with Crippen LogP contribution < -0.4 is 9.64 Å². The first-order valence-corrected chi connectivity index (χ1v) is 7.23. The lowest BCUT2D eigenvalue weighted by Crippen LogP contribution is -2.39. The van der Waals surface area contributed by atoms with Gasteiger partial charge in [0.25, 0.3) is 0 Å². The molecule has 1 aromatic heterocycles. The predicted octanol–water partition coefficient (Wildman–Crippen LogP) is 4.02. The summed E-state index contributed by atoms with van der Waals surface area (Å²) in [5.41, 5.74) is 1.64. The molecule has 0 amide bonds. The van der Waals surface area contributed by atoms with Crippen molar-refractivity contribution in [2.45, 2.75) is 19.0 Å². The van der Waals surface area contributed by atoms with Crippen LogP contribution in [0.15, 0.2) is 30.5 Å². The van der Waals surface area contributed by atoms with E-state index in [0.717, 1.165) is 16.6 Å². The number of rotatable bonds is 2. The van der Waals surface area contributed by atoms with Gasteiger partial charge in [-0.15, -0.1) is 0 Å². The van der Waals surface area contributed by atoms with Crippen LogP contribution in [-0.4, -0.2) is 31.4 Å². The molecule has 0 saturated carbocycles. The van der Waals surface area contributed by atoms with E-state index in [1.807, 2.05) is 29.2 Å². The van der Waals surface area contributed by atoms with Crippen molar-refractivity contribution in [1.82, 2.24) is 4.98 Å². The van der Waals surface area contributed by atoms with Gasteiger partial charge in [0, 0.05) is 30.7 Å². The normalized spacial score (nSPS) is 17.0. The second-order valence-corrected chi connectivity index (χ2v) is 5.52. The maximum absolute atomic E-state index is 12.8. The molecule has 2 aromatic rings. The summed E-state index contributed by atoms with van der Waals surface area (Å²) in [5.74, 6) is -0.512.